The molecule has 6 heteroatoms. The fraction of sp³-hybridized carbons (Fsp3) is 0.231. The summed E-state index contributed by atoms with van der Waals surface area (Å²) < 4.78 is 1.96. The van der Waals surface area contributed by atoms with E-state index in [-0.39, 0.29) is 0 Å². The van der Waals surface area contributed by atoms with Gasteiger partial charge >= 0.3 is 0 Å². The van der Waals surface area contributed by atoms with Crippen molar-refractivity contribution in [1.82, 2.24) is 9.97 Å². The average Bonchev–Trinajstić information content (AvgIpc) is 2.32. The summed E-state index contributed by atoms with van der Waals surface area (Å²) in [5, 5.41) is 3.69. The number of halogens is 3. The van der Waals surface area contributed by atoms with Crippen LogP contribution < -0.4 is 5.32 Å². The lowest BCUT2D eigenvalue weighted by molar-refractivity contribution is 0.837. The molecule has 0 unspecified atom stereocenters. The van der Waals surface area contributed by atoms with Crippen molar-refractivity contribution in [1.29, 1.82) is 0 Å². The van der Waals surface area contributed by atoms with Gasteiger partial charge in [0.2, 0.25) is 0 Å². The molecule has 1 aromatic heterocycles. The average molecular weight is 406 g/mol. The molecule has 100 valence electrons. The van der Waals surface area contributed by atoms with Crippen LogP contribution in [-0.4, -0.2) is 9.97 Å². The number of anilines is 2. The predicted octanol–water partition coefficient (Wildman–Crippen LogP) is 5.35. The third kappa shape index (κ3) is 4.16. The lowest BCUT2D eigenvalue weighted by atomic mass is 10.3. The molecule has 2 rings (SSSR count). The minimum Gasteiger partial charge on any atom is -0.339 e. The molecule has 1 heterocycles. The Kier molecular flexibility index (Phi) is 5.19. The Bertz CT molecular complexity index is 590. The van der Waals surface area contributed by atoms with Gasteiger partial charge in [-0.1, -0.05) is 34.5 Å². The molecule has 0 atom stereocenters. The second kappa shape index (κ2) is 6.68. The highest BCUT2D eigenvalue weighted by atomic mass is 79.9. The number of nitrogens with zero attached hydrogens (tertiary/aromatic N) is 2. The Morgan fingerprint density at radius 3 is 2.68 bits per heavy atom. The smallest absolute Gasteiger partial charge is 0.135 e. The number of hydrogen-bond acceptors (Lipinski definition) is 3. The lowest BCUT2D eigenvalue weighted by Crippen LogP contribution is -2.00. The van der Waals surface area contributed by atoms with Gasteiger partial charge in [-0.15, -0.1) is 0 Å². The van der Waals surface area contributed by atoms with Crippen molar-refractivity contribution in [2.45, 2.75) is 19.8 Å². The number of nitrogens with one attached hydrogen (secondary N) is 1. The van der Waals surface area contributed by atoms with Crippen molar-refractivity contribution in [2.75, 3.05) is 5.32 Å². The van der Waals surface area contributed by atoms with E-state index in [4.69, 9.17) is 11.6 Å². The molecule has 0 radical (unpaired) electrons. The first kappa shape index (κ1) is 14.8. The van der Waals surface area contributed by atoms with Crippen molar-refractivity contribution < 1.29 is 0 Å². The zero-order valence-corrected chi connectivity index (χ0v) is 14.2. The molecule has 0 aliphatic rings. The van der Waals surface area contributed by atoms with Crippen LogP contribution in [0.4, 0.5) is 11.5 Å². The molecule has 0 saturated heterocycles. The molecular weight excluding hydrogens is 393 g/mol. The molecule has 3 nitrogen and oxygen atoms in total. The van der Waals surface area contributed by atoms with Crippen LogP contribution in [0.15, 0.2) is 33.2 Å². The molecule has 0 saturated carbocycles. The molecular formula is C13H12Br2ClN3. The van der Waals surface area contributed by atoms with Crippen LogP contribution in [0.5, 0.6) is 0 Å². The predicted molar refractivity (Wildman–Crippen MR) is 86.2 cm³/mol. The number of rotatable bonds is 4. The van der Waals surface area contributed by atoms with Crippen molar-refractivity contribution in [2.24, 2.45) is 0 Å². The van der Waals surface area contributed by atoms with E-state index in [2.05, 4.69) is 54.1 Å². The van der Waals surface area contributed by atoms with Crippen LogP contribution >= 0.6 is 43.5 Å². The van der Waals surface area contributed by atoms with E-state index in [0.29, 0.717) is 11.0 Å². The van der Waals surface area contributed by atoms with E-state index < -0.39 is 0 Å². The first-order chi connectivity index (χ1) is 9.08. The topological polar surface area (TPSA) is 37.8 Å². The highest BCUT2D eigenvalue weighted by Crippen LogP contribution is 2.28. The maximum atomic E-state index is 6.01. The zero-order chi connectivity index (χ0) is 13.8. The molecule has 0 bridgehead atoms. The van der Waals surface area contributed by atoms with Crippen LogP contribution in [0.1, 0.15) is 19.2 Å². The summed E-state index contributed by atoms with van der Waals surface area (Å²) in [6.07, 6.45) is 1.80. The van der Waals surface area contributed by atoms with E-state index in [1.54, 1.807) is 6.07 Å². The first-order valence-corrected chi connectivity index (χ1v) is 7.80. The van der Waals surface area contributed by atoms with Gasteiger partial charge < -0.3 is 5.32 Å². The Morgan fingerprint density at radius 2 is 2.00 bits per heavy atom. The zero-order valence-electron chi connectivity index (χ0n) is 10.3. The van der Waals surface area contributed by atoms with Crippen molar-refractivity contribution in [3.63, 3.8) is 0 Å². The van der Waals surface area contributed by atoms with Crippen LogP contribution in [0.25, 0.3) is 0 Å². The minimum absolute atomic E-state index is 0.453. The fourth-order valence-electron chi connectivity index (χ4n) is 1.59. The second-order valence-corrected chi connectivity index (χ2v) is 6.15. The molecule has 19 heavy (non-hydrogen) atoms. The van der Waals surface area contributed by atoms with Gasteiger partial charge in [0.05, 0.1) is 5.69 Å². The Morgan fingerprint density at radius 1 is 1.21 bits per heavy atom. The molecule has 2 aromatic rings. The molecule has 1 N–H and O–H groups in total. The molecule has 0 fully saturated rings. The fourth-order valence-corrected chi connectivity index (χ4v) is 2.94. The SMILES string of the molecule is CCCc1nc(Cl)cc(Nc2ccc(Br)cc2Br)n1. The van der Waals surface area contributed by atoms with Gasteiger partial charge in [0.15, 0.2) is 0 Å². The van der Waals surface area contributed by atoms with Gasteiger partial charge in [-0.2, -0.15) is 0 Å². The Hall–Kier alpha value is -0.650. The van der Waals surface area contributed by atoms with Crippen LogP contribution in [0.3, 0.4) is 0 Å². The standard InChI is InChI=1S/C13H12Br2ClN3/c1-2-3-12-18-11(16)7-13(19-12)17-10-5-4-8(14)6-9(10)15/h4-7H,2-3H2,1H3,(H,17,18,19). The van der Waals surface area contributed by atoms with E-state index >= 15 is 0 Å². The van der Waals surface area contributed by atoms with E-state index in [9.17, 15) is 0 Å². The van der Waals surface area contributed by atoms with E-state index in [0.717, 1.165) is 33.3 Å². The summed E-state index contributed by atoms with van der Waals surface area (Å²) in [4.78, 5) is 8.64. The van der Waals surface area contributed by atoms with Crippen LogP contribution in [-0.2, 0) is 6.42 Å². The minimum atomic E-state index is 0.453. The second-order valence-electron chi connectivity index (χ2n) is 3.99. The van der Waals surface area contributed by atoms with E-state index in [1.165, 1.54) is 0 Å². The van der Waals surface area contributed by atoms with E-state index in [1.807, 2.05) is 18.2 Å². The summed E-state index contributed by atoms with van der Waals surface area (Å²) in [6.45, 7) is 2.09. The maximum absolute atomic E-state index is 6.01. The summed E-state index contributed by atoms with van der Waals surface area (Å²) in [5.41, 5.74) is 0.931. The number of aromatic nitrogens is 2. The first-order valence-electron chi connectivity index (χ1n) is 5.84. The van der Waals surface area contributed by atoms with Gasteiger partial charge in [0.1, 0.15) is 16.8 Å². The maximum Gasteiger partial charge on any atom is 0.135 e. The third-order valence-corrected chi connectivity index (χ3v) is 3.75. The normalized spacial score (nSPS) is 10.5. The number of hydrogen-bond donors (Lipinski definition) is 1. The quantitative estimate of drug-likeness (QED) is 0.697. The summed E-state index contributed by atoms with van der Waals surface area (Å²) >= 11 is 12.9. The molecule has 0 aliphatic carbocycles. The van der Waals surface area contributed by atoms with Crippen LogP contribution in [0, 0.1) is 0 Å². The largest absolute Gasteiger partial charge is 0.339 e. The highest BCUT2D eigenvalue weighted by Gasteiger charge is 2.05. The van der Waals surface area contributed by atoms with Gasteiger partial charge in [0.25, 0.3) is 0 Å². The molecule has 1 aromatic carbocycles. The number of aryl methyl sites for hydroxylation is 1. The monoisotopic (exact) mass is 403 g/mol. The molecule has 0 aliphatic heterocycles. The lowest BCUT2D eigenvalue weighted by Gasteiger charge is -2.09. The summed E-state index contributed by atoms with van der Waals surface area (Å²) in [6, 6.07) is 7.61. The van der Waals surface area contributed by atoms with Crippen molar-refractivity contribution in [3.8, 4) is 0 Å². The third-order valence-electron chi connectivity index (χ3n) is 2.41. The van der Waals surface area contributed by atoms with Gasteiger partial charge in [-0.05, 0) is 40.5 Å². The highest BCUT2D eigenvalue weighted by molar-refractivity contribution is 9.11. The molecule has 0 spiro atoms. The summed E-state index contributed by atoms with van der Waals surface area (Å²) in [5.74, 6) is 1.46. The number of benzene rings is 1. The Balaban J connectivity index is 2.27. The Labute approximate surface area is 134 Å². The van der Waals surface area contributed by atoms with Crippen molar-refractivity contribution in [3.05, 3.63) is 44.2 Å². The molecule has 0 amide bonds. The summed E-state index contributed by atoms with van der Waals surface area (Å²) in [7, 11) is 0. The van der Waals surface area contributed by atoms with Crippen molar-refractivity contribution >= 4 is 55.0 Å². The van der Waals surface area contributed by atoms with Gasteiger partial charge in [0, 0.05) is 21.4 Å². The van der Waals surface area contributed by atoms with Gasteiger partial charge in [-0.25, -0.2) is 9.97 Å². The van der Waals surface area contributed by atoms with Gasteiger partial charge in [-0.3, -0.25) is 0 Å². The van der Waals surface area contributed by atoms with Crippen LogP contribution in [0.2, 0.25) is 5.15 Å².